The van der Waals surface area contributed by atoms with E-state index in [9.17, 15) is 4.79 Å². The van der Waals surface area contributed by atoms with Crippen molar-refractivity contribution in [3.63, 3.8) is 0 Å². The molecule has 1 saturated heterocycles. The molecule has 6 heteroatoms. The maximum absolute atomic E-state index is 13.1. The molecular weight excluding hydrogens is 430 g/mol. The van der Waals surface area contributed by atoms with Gasteiger partial charge in [0.1, 0.15) is 11.5 Å². The molecule has 4 rings (SSSR count). The van der Waals surface area contributed by atoms with E-state index in [1.165, 1.54) is 0 Å². The number of piperazine rings is 1. The zero-order valence-electron chi connectivity index (χ0n) is 16.0. The minimum atomic E-state index is 0.00748. The van der Waals surface area contributed by atoms with Gasteiger partial charge in [0.05, 0.1) is 11.3 Å². The van der Waals surface area contributed by atoms with Crippen molar-refractivity contribution >= 4 is 21.8 Å². The second-order valence-corrected chi connectivity index (χ2v) is 7.86. The van der Waals surface area contributed by atoms with Crippen LogP contribution in [0.3, 0.4) is 0 Å². The van der Waals surface area contributed by atoms with Gasteiger partial charge >= 0.3 is 0 Å². The molecule has 0 bridgehead atoms. The van der Waals surface area contributed by atoms with Crippen LogP contribution < -0.4 is 4.74 Å². The highest BCUT2D eigenvalue weighted by atomic mass is 79.9. The normalized spacial score (nSPS) is 14.6. The number of halogens is 1. The number of carbonyl (C=O) groups excluding carboxylic acids is 1. The van der Waals surface area contributed by atoms with Crippen molar-refractivity contribution in [1.82, 2.24) is 14.8 Å². The van der Waals surface area contributed by atoms with E-state index in [1.807, 2.05) is 77.8 Å². The average molecular weight is 452 g/mol. The van der Waals surface area contributed by atoms with Gasteiger partial charge in [0.25, 0.3) is 5.91 Å². The standard InChI is InChI=1S/C23H22BrN3O2/c24-18-6-5-8-20(16-18)29-22-10-2-1-9-21(22)23(28)27-14-12-26(13-15-27)17-19-7-3-4-11-25-19/h1-11,16H,12-15,17H2. The van der Waals surface area contributed by atoms with Crippen molar-refractivity contribution in [3.8, 4) is 11.5 Å². The molecule has 2 heterocycles. The van der Waals surface area contributed by atoms with E-state index in [0.29, 0.717) is 30.2 Å². The van der Waals surface area contributed by atoms with Gasteiger partial charge in [0, 0.05) is 43.4 Å². The first kappa shape index (κ1) is 19.6. The predicted molar refractivity (Wildman–Crippen MR) is 116 cm³/mol. The topological polar surface area (TPSA) is 45.7 Å². The third kappa shape index (κ3) is 5.02. The minimum absolute atomic E-state index is 0.00748. The molecule has 148 valence electrons. The molecule has 0 aliphatic carbocycles. The number of aromatic nitrogens is 1. The Balaban J connectivity index is 1.41. The number of benzene rings is 2. The molecule has 0 N–H and O–H groups in total. The lowest BCUT2D eigenvalue weighted by atomic mass is 10.1. The molecule has 2 aromatic carbocycles. The number of amides is 1. The van der Waals surface area contributed by atoms with E-state index in [1.54, 1.807) is 0 Å². The van der Waals surface area contributed by atoms with Gasteiger partial charge in [-0.1, -0.05) is 40.2 Å². The fourth-order valence-electron chi connectivity index (χ4n) is 3.39. The van der Waals surface area contributed by atoms with Gasteiger partial charge in [0.15, 0.2) is 0 Å². The highest BCUT2D eigenvalue weighted by molar-refractivity contribution is 9.10. The summed E-state index contributed by atoms with van der Waals surface area (Å²) in [6.45, 7) is 3.85. The second-order valence-electron chi connectivity index (χ2n) is 6.95. The fraction of sp³-hybridized carbons (Fsp3) is 0.217. The predicted octanol–water partition coefficient (Wildman–Crippen LogP) is 4.59. The lowest BCUT2D eigenvalue weighted by Gasteiger charge is -2.34. The van der Waals surface area contributed by atoms with E-state index in [0.717, 1.165) is 29.8 Å². The van der Waals surface area contributed by atoms with Crippen LogP contribution in [0.2, 0.25) is 0 Å². The summed E-state index contributed by atoms with van der Waals surface area (Å²) in [4.78, 5) is 21.8. The summed E-state index contributed by atoms with van der Waals surface area (Å²) < 4.78 is 6.94. The smallest absolute Gasteiger partial charge is 0.257 e. The van der Waals surface area contributed by atoms with Gasteiger partial charge in [0.2, 0.25) is 0 Å². The van der Waals surface area contributed by atoms with Crippen molar-refractivity contribution in [1.29, 1.82) is 0 Å². The van der Waals surface area contributed by atoms with Crippen molar-refractivity contribution < 1.29 is 9.53 Å². The summed E-state index contributed by atoms with van der Waals surface area (Å²) >= 11 is 3.45. The van der Waals surface area contributed by atoms with Crippen LogP contribution in [0.4, 0.5) is 0 Å². The molecule has 1 fully saturated rings. The molecule has 0 radical (unpaired) electrons. The lowest BCUT2D eigenvalue weighted by molar-refractivity contribution is 0.0624. The van der Waals surface area contributed by atoms with E-state index in [4.69, 9.17) is 4.74 Å². The summed E-state index contributed by atoms with van der Waals surface area (Å²) in [5, 5.41) is 0. The Labute approximate surface area is 179 Å². The number of hydrogen-bond donors (Lipinski definition) is 0. The molecular formula is C23H22BrN3O2. The number of hydrogen-bond acceptors (Lipinski definition) is 4. The third-order valence-corrected chi connectivity index (χ3v) is 5.41. The highest BCUT2D eigenvalue weighted by Gasteiger charge is 2.24. The molecule has 0 atom stereocenters. The Morgan fingerprint density at radius 2 is 1.76 bits per heavy atom. The van der Waals surface area contributed by atoms with Gasteiger partial charge in [-0.15, -0.1) is 0 Å². The van der Waals surface area contributed by atoms with Crippen LogP contribution in [0.15, 0.2) is 77.4 Å². The highest BCUT2D eigenvalue weighted by Crippen LogP contribution is 2.28. The van der Waals surface area contributed by atoms with Crippen molar-refractivity contribution in [3.05, 3.63) is 88.7 Å². The number of rotatable bonds is 5. The van der Waals surface area contributed by atoms with Crippen LogP contribution in [0.25, 0.3) is 0 Å². The quantitative estimate of drug-likeness (QED) is 0.568. The Hall–Kier alpha value is -2.70. The van der Waals surface area contributed by atoms with Crippen molar-refractivity contribution in [2.24, 2.45) is 0 Å². The Morgan fingerprint density at radius 1 is 0.966 bits per heavy atom. The van der Waals surface area contributed by atoms with Crippen LogP contribution >= 0.6 is 15.9 Å². The van der Waals surface area contributed by atoms with Gasteiger partial charge in [-0.05, 0) is 42.5 Å². The Bertz CT molecular complexity index is 973. The first-order valence-corrected chi connectivity index (χ1v) is 10.4. The monoisotopic (exact) mass is 451 g/mol. The van der Waals surface area contributed by atoms with Crippen LogP contribution in [-0.2, 0) is 6.54 Å². The maximum Gasteiger partial charge on any atom is 0.257 e. The first-order valence-electron chi connectivity index (χ1n) is 9.63. The summed E-state index contributed by atoms with van der Waals surface area (Å²) in [6.07, 6.45) is 1.82. The van der Waals surface area contributed by atoms with Gasteiger partial charge in [-0.25, -0.2) is 0 Å². The number of carbonyl (C=O) groups is 1. The third-order valence-electron chi connectivity index (χ3n) is 4.91. The summed E-state index contributed by atoms with van der Waals surface area (Å²) in [7, 11) is 0. The molecule has 0 saturated carbocycles. The van der Waals surface area contributed by atoms with Crippen molar-refractivity contribution in [2.45, 2.75) is 6.54 Å². The molecule has 1 amide bonds. The van der Waals surface area contributed by atoms with Crippen LogP contribution in [0.5, 0.6) is 11.5 Å². The fourth-order valence-corrected chi connectivity index (χ4v) is 3.77. The van der Waals surface area contributed by atoms with Crippen LogP contribution in [0.1, 0.15) is 16.1 Å². The van der Waals surface area contributed by atoms with E-state index in [-0.39, 0.29) is 5.91 Å². The Kier molecular flexibility index (Phi) is 6.22. The molecule has 0 spiro atoms. The largest absolute Gasteiger partial charge is 0.456 e. The van der Waals surface area contributed by atoms with Crippen LogP contribution in [0, 0.1) is 0 Å². The van der Waals surface area contributed by atoms with Crippen molar-refractivity contribution in [2.75, 3.05) is 26.2 Å². The van der Waals surface area contributed by atoms with Crippen LogP contribution in [-0.4, -0.2) is 46.9 Å². The average Bonchev–Trinajstić information content (AvgIpc) is 2.75. The lowest BCUT2D eigenvalue weighted by Crippen LogP contribution is -2.48. The molecule has 1 aliphatic rings. The first-order chi connectivity index (χ1) is 14.2. The number of para-hydroxylation sites is 1. The summed E-state index contributed by atoms with van der Waals surface area (Å²) in [5.74, 6) is 1.28. The zero-order chi connectivity index (χ0) is 20.1. The summed E-state index contributed by atoms with van der Waals surface area (Å²) in [5.41, 5.74) is 1.64. The van der Waals surface area contributed by atoms with E-state index < -0.39 is 0 Å². The Morgan fingerprint density at radius 3 is 2.52 bits per heavy atom. The van der Waals surface area contributed by atoms with Gasteiger partial charge in [-0.3, -0.25) is 14.7 Å². The zero-order valence-corrected chi connectivity index (χ0v) is 17.6. The molecule has 5 nitrogen and oxygen atoms in total. The SMILES string of the molecule is O=C(c1ccccc1Oc1cccc(Br)c1)N1CCN(Cc2ccccn2)CC1. The van der Waals surface area contributed by atoms with E-state index in [2.05, 4.69) is 25.8 Å². The molecule has 3 aromatic rings. The summed E-state index contributed by atoms with van der Waals surface area (Å²) in [6, 6.07) is 21.0. The van der Waals surface area contributed by atoms with Gasteiger partial charge in [-0.2, -0.15) is 0 Å². The number of ether oxygens (including phenoxy) is 1. The molecule has 1 aromatic heterocycles. The molecule has 29 heavy (non-hydrogen) atoms. The van der Waals surface area contributed by atoms with E-state index >= 15 is 0 Å². The second kappa shape index (κ2) is 9.20. The number of nitrogens with zero attached hydrogens (tertiary/aromatic N) is 3. The maximum atomic E-state index is 13.1. The molecule has 0 unspecified atom stereocenters. The molecule has 1 aliphatic heterocycles. The minimum Gasteiger partial charge on any atom is -0.456 e. The van der Waals surface area contributed by atoms with Gasteiger partial charge < -0.3 is 9.64 Å². The number of pyridine rings is 1.